The van der Waals surface area contributed by atoms with Crippen molar-refractivity contribution in [3.8, 4) is 0 Å². The first-order valence-electron chi connectivity index (χ1n) is 7.12. The van der Waals surface area contributed by atoms with E-state index in [1.165, 1.54) is 44.9 Å². The van der Waals surface area contributed by atoms with Crippen LogP contribution in [0.3, 0.4) is 0 Å². The Morgan fingerprint density at radius 2 is 1.82 bits per heavy atom. The van der Waals surface area contributed by atoms with Crippen molar-refractivity contribution in [2.75, 3.05) is 19.8 Å². The molecule has 0 aromatic heterocycles. The molecule has 1 rings (SSSR count). The highest BCUT2D eigenvalue weighted by Gasteiger charge is 2.03. The summed E-state index contributed by atoms with van der Waals surface area (Å²) in [4.78, 5) is 0. The molecule has 3 heteroatoms. The van der Waals surface area contributed by atoms with Gasteiger partial charge in [-0.15, -0.1) is 0 Å². The molecule has 0 atom stereocenters. The largest absolute Gasteiger partial charge is 0.464 e. The molecule has 0 aliphatic carbocycles. The van der Waals surface area contributed by atoms with E-state index in [2.05, 4.69) is 12.2 Å². The van der Waals surface area contributed by atoms with Gasteiger partial charge in [-0.2, -0.15) is 0 Å². The summed E-state index contributed by atoms with van der Waals surface area (Å²) in [6.07, 6.45) is 12.5. The summed E-state index contributed by atoms with van der Waals surface area (Å²) in [7, 11) is 0. The van der Waals surface area contributed by atoms with E-state index in [0.717, 1.165) is 19.6 Å². The van der Waals surface area contributed by atoms with E-state index >= 15 is 0 Å². The predicted octanol–water partition coefficient (Wildman–Crippen LogP) is 3.56. The van der Waals surface area contributed by atoms with Crippen LogP contribution in [0, 0.1) is 0 Å². The van der Waals surface area contributed by atoms with Gasteiger partial charge < -0.3 is 14.8 Å². The monoisotopic (exact) mass is 241 g/mol. The molecule has 1 aliphatic rings. The zero-order valence-corrected chi connectivity index (χ0v) is 11.2. The van der Waals surface area contributed by atoms with Crippen LogP contribution in [0.25, 0.3) is 0 Å². The van der Waals surface area contributed by atoms with Crippen LogP contribution in [-0.4, -0.2) is 19.8 Å². The fraction of sp³-hybridized carbons (Fsp3) is 0.857. The van der Waals surface area contributed by atoms with Crippen LogP contribution >= 0.6 is 0 Å². The first-order valence-corrected chi connectivity index (χ1v) is 7.12. The lowest BCUT2D eigenvalue weighted by Crippen LogP contribution is -2.21. The molecule has 1 N–H and O–H groups in total. The topological polar surface area (TPSA) is 30.5 Å². The van der Waals surface area contributed by atoms with E-state index < -0.39 is 0 Å². The molecule has 1 aliphatic heterocycles. The first kappa shape index (κ1) is 14.2. The fourth-order valence-corrected chi connectivity index (χ4v) is 1.90. The fourth-order valence-electron chi connectivity index (χ4n) is 1.90. The summed E-state index contributed by atoms with van der Waals surface area (Å²) in [5.41, 5.74) is 0. The number of rotatable bonds is 10. The SMILES string of the molecule is CCCCCCCCCCOC1=CNCCO1. The lowest BCUT2D eigenvalue weighted by molar-refractivity contribution is 0.0248. The molecule has 0 saturated heterocycles. The number of nitrogens with one attached hydrogen (secondary N) is 1. The van der Waals surface area contributed by atoms with Crippen LogP contribution < -0.4 is 5.32 Å². The van der Waals surface area contributed by atoms with Gasteiger partial charge in [-0.25, -0.2) is 0 Å². The molecule has 0 amide bonds. The van der Waals surface area contributed by atoms with Gasteiger partial charge in [-0.1, -0.05) is 51.9 Å². The zero-order chi connectivity index (χ0) is 12.2. The zero-order valence-electron chi connectivity index (χ0n) is 11.2. The smallest absolute Gasteiger partial charge is 0.295 e. The van der Waals surface area contributed by atoms with Crippen LogP contribution in [0.1, 0.15) is 58.3 Å². The summed E-state index contributed by atoms with van der Waals surface area (Å²) in [6, 6.07) is 0. The maximum atomic E-state index is 5.50. The summed E-state index contributed by atoms with van der Waals surface area (Å²) in [5, 5.41) is 3.10. The number of ether oxygens (including phenoxy) is 2. The number of unbranched alkanes of at least 4 members (excludes halogenated alkanes) is 7. The van der Waals surface area contributed by atoms with Crippen molar-refractivity contribution in [1.29, 1.82) is 0 Å². The molecule has 0 aromatic carbocycles. The van der Waals surface area contributed by atoms with Gasteiger partial charge in [-0.05, 0) is 6.42 Å². The highest BCUT2D eigenvalue weighted by molar-refractivity contribution is 4.85. The summed E-state index contributed by atoms with van der Waals surface area (Å²) < 4.78 is 10.8. The lowest BCUT2D eigenvalue weighted by atomic mass is 10.1. The van der Waals surface area contributed by atoms with Crippen molar-refractivity contribution in [2.24, 2.45) is 0 Å². The minimum Gasteiger partial charge on any atom is -0.464 e. The number of hydrogen-bond acceptors (Lipinski definition) is 3. The van der Waals surface area contributed by atoms with E-state index in [1.807, 2.05) is 6.20 Å². The Labute approximate surface area is 106 Å². The van der Waals surface area contributed by atoms with Crippen LogP contribution in [0.5, 0.6) is 0 Å². The van der Waals surface area contributed by atoms with Gasteiger partial charge in [0, 0.05) is 6.54 Å². The van der Waals surface area contributed by atoms with Crippen molar-refractivity contribution in [2.45, 2.75) is 58.3 Å². The van der Waals surface area contributed by atoms with E-state index in [0.29, 0.717) is 12.6 Å². The molecular formula is C14H27NO2. The van der Waals surface area contributed by atoms with Gasteiger partial charge in [0.2, 0.25) is 0 Å². The Morgan fingerprint density at radius 1 is 1.12 bits per heavy atom. The second-order valence-corrected chi connectivity index (χ2v) is 4.59. The molecule has 0 saturated carbocycles. The molecule has 0 bridgehead atoms. The molecule has 0 aromatic rings. The van der Waals surface area contributed by atoms with E-state index in [9.17, 15) is 0 Å². The van der Waals surface area contributed by atoms with Crippen molar-refractivity contribution in [3.63, 3.8) is 0 Å². The lowest BCUT2D eigenvalue weighted by Gasteiger charge is -2.16. The van der Waals surface area contributed by atoms with Crippen molar-refractivity contribution in [3.05, 3.63) is 12.1 Å². The van der Waals surface area contributed by atoms with Crippen LogP contribution in [0.2, 0.25) is 0 Å². The highest BCUT2D eigenvalue weighted by atomic mass is 16.7. The third kappa shape index (κ3) is 7.94. The van der Waals surface area contributed by atoms with E-state index in [-0.39, 0.29) is 0 Å². The third-order valence-corrected chi connectivity index (χ3v) is 2.95. The van der Waals surface area contributed by atoms with Crippen molar-refractivity contribution < 1.29 is 9.47 Å². The van der Waals surface area contributed by atoms with Gasteiger partial charge in [0.05, 0.1) is 12.8 Å². The van der Waals surface area contributed by atoms with Gasteiger partial charge in [-0.3, -0.25) is 0 Å². The van der Waals surface area contributed by atoms with Crippen molar-refractivity contribution >= 4 is 0 Å². The normalized spacial score (nSPS) is 14.8. The molecule has 17 heavy (non-hydrogen) atoms. The maximum absolute atomic E-state index is 5.50. The minimum atomic E-state index is 0.652. The Bertz CT molecular complexity index is 204. The minimum absolute atomic E-state index is 0.652. The average Bonchev–Trinajstić information content (AvgIpc) is 2.38. The molecule has 0 radical (unpaired) electrons. The Hall–Kier alpha value is -0.860. The van der Waals surface area contributed by atoms with Crippen LogP contribution in [0.4, 0.5) is 0 Å². The van der Waals surface area contributed by atoms with Crippen LogP contribution in [0.15, 0.2) is 12.1 Å². The molecule has 0 unspecified atom stereocenters. The number of hydrogen-bond donors (Lipinski definition) is 1. The molecule has 0 fully saturated rings. The van der Waals surface area contributed by atoms with Gasteiger partial charge >= 0.3 is 0 Å². The summed E-state index contributed by atoms with van der Waals surface area (Å²) in [6.45, 7) is 4.63. The second kappa shape index (κ2) is 10.3. The molecule has 100 valence electrons. The summed E-state index contributed by atoms with van der Waals surface area (Å²) in [5.74, 6) is 0.652. The predicted molar refractivity (Wildman–Crippen MR) is 70.6 cm³/mol. The second-order valence-electron chi connectivity index (χ2n) is 4.59. The Kier molecular flexibility index (Phi) is 8.61. The van der Waals surface area contributed by atoms with Crippen molar-refractivity contribution in [1.82, 2.24) is 5.32 Å². The first-order chi connectivity index (χ1) is 8.43. The summed E-state index contributed by atoms with van der Waals surface area (Å²) >= 11 is 0. The van der Waals surface area contributed by atoms with Gasteiger partial charge in [0.25, 0.3) is 5.95 Å². The Balaban J connectivity index is 1.79. The molecular weight excluding hydrogens is 214 g/mol. The van der Waals surface area contributed by atoms with Crippen LogP contribution in [-0.2, 0) is 9.47 Å². The Morgan fingerprint density at radius 3 is 2.47 bits per heavy atom. The third-order valence-electron chi connectivity index (χ3n) is 2.95. The molecule has 3 nitrogen and oxygen atoms in total. The molecule has 1 heterocycles. The van der Waals surface area contributed by atoms with E-state index in [1.54, 1.807) is 0 Å². The van der Waals surface area contributed by atoms with Gasteiger partial charge in [0.1, 0.15) is 6.61 Å². The average molecular weight is 241 g/mol. The molecule has 0 spiro atoms. The van der Waals surface area contributed by atoms with Gasteiger partial charge in [0.15, 0.2) is 0 Å². The standard InChI is InChI=1S/C14H27NO2/c1-2-3-4-5-6-7-8-9-11-16-14-13-15-10-12-17-14/h13,15H,2-12H2,1H3. The highest BCUT2D eigenvalue weighted by Crippen LogP contribution is 2.09. The maximum Gasteiger partial charge on any atom is 0.295 e. The quantitative estimate of drug-likeness (QED) is 0.593. The van der Waals surface area contributed by atoms with E-state index in [4.69, 9.17) is 9.47 Å².